The Morgan fingerprint density at radius 2 is 2.22 bits per heavy atom. The van der Waals surface area contributed by atoms with Crippen LogP contribution in [0, 0.1) is 0 Å². The average molecular weight is 360 g/mol. The third-order valence-electron chi connectivity index (χ3n) is 0.784. The van der Waals surface area contributed by atoms with E-state index >= 15 is 0 Å². The molecule has 0 fully saturated rings. The quantitative estimate of drug-likeness (QED) is 0.313. The van der Waals surface area contributed by atoms with Gasteiger partial charge < -0.3 is 0 Å². The second-order valence-electron chi connectivity index (χ2n) is 1.89. The number of allylic oxidation sites excluding steroid dienone is 1. The van der Waals surface area contributed by atoms with Crippen molar-refractivity contribution < 1.29 is 0 Å². The molecule has 0 aliphatic carbocycles. The number of hydrogen-bond donors (Lipinski definition) is 0. The van der Waals surface area contributed by atoms with Gasteiger partial charge in [-0.1, -0.05) is 0 Å². The zero-order chi connectivity index (χ0) is 7.33. The van der Waals surface area contributed by atoms with Gasteiger partial charge in [-0.15, -0.1) is 0 Å². The minimum absolute atomic E-state index is 0.358. The molecule has 0 rings (SSSR count). The van der Waals surface area contributed by atoms with Gasteiger partial charge in [0.1, 0.15) is 0 Å². The summed E-state index contributed by atoms with van der Waals surface area (Å²) in [4.78, 5) is 0. The van der Waals surface area contributed by atoms with Crippen molar-refractivity contribution in [3.8, 4) is 0 Å². The average Bonchev–Trinajstić information content (AvgIpc) is 1.63. The first-order valence-electron chi connectivity index (χ1n) is 2.80. The van der Waals surface area contributed by atoms with Crippen molar-refractivity contribution in [2.24, 2.45) is 0 Å². The second-order valence-corrected chi connectivity index (χ2v) is 13.3. The summed E-state index contributed by atoms with van der Waals surface area (Å²) in [5.74, 6) is 0. The van der Waals surface area contributed by atoms with E-state index in [0.29, 0.717) is 0 Å². The topological polar surface area (TPSA) is 0 Å². The van der Waals surface area contributed by atoms with Crippen LogP contribution < -0.4 is 0 Å². The van der Waals surface area contributed by atoms with E-state index in [1.54, 1.807) is 0 Å². The molecule has 0 heterocycles. The van der Waals surface area contributed by atoms with Crippen molar-refractivity contribution in [1.29, 1.82) is 0 Å². The summed E-state index contributed by atoms with van der Waals surface area (Å²) in [5, 5.41) is 0. The molecule has 0 aromatic rings. The zero-order valence-electron chi connectivity index (χ0n) is 5.45. The van der Waals surface area contributed by atoms with E-state index in [9.17, 15) is 0 Å². The molecular formula is C6H10Cl2Pb. The molecule has 0 aromatic heterocycles. The van der Waals surface area contributed by atoms with Crippen LogP contribution in [0.5, 0.6) is 0 Å². The van der Waals surface area contributed by atoms with E-state index < -0.39 is 24.2 Å². The van der Waals surface area contributed by atoms with E-state index in [1.165, 1.54) is 3.98 Å². The second kappa shape index (κ2) is 4.97. The van der Waals surface area contributed by atoms with Gasteiger partial charge in [0.15, 0.2) is 0 Å². The Morgan fingerprint density at radius 3 is 2.56 bits per heavy atom. The van der Waals surface area contributed by atoms with Gasteiger partial charge in [-0.2, -0.15) is 0 Å². The van der Waals surface area contributed by atoms with Crippen LogP contribution in [0.15, 0.2) is 12.7 Å². The maximum absolute atomic E-state index is 5.79. The normalized spacial score (nSPS) is 11.4. The van der Waals surface area contributed by atoms with Gasteiger partial charge in [-0.05, 0) is 0 Å². The summed E-state index contributed by atoms with van der Waals surface area (Å²) >= 11 is 10.8. The van der Waals surface area contributed by atoms with Crippen LogP contribution in [-0.4, -0.2) is 26.1 Å². The molecule has 0 saturated heterocycles. The van der Waals surface area contributed by atoms with Crippen molar-refractivity contribution in [3.05, 3.63) is 12.7 Å². The Kier molecular flexibility index (Phi) is 5.65. The van der Waals surface area contributed by atoms with Gasteiger partial charge in [0.05, 0.1) is 0 Å². The fourth-order valence-corrected chi connectivity index (χ4v) is 5.11. The van der Waals surface area contributed by atoms with Crippen LogP contribution in [0.1, 0.15) is 13.3 Å². The molecule has 0 aliphatic rings. The Hall–Kier alpha value is 1.24. The Bertz CT molecular complexity index is 85.5. The molecule has 9 heavy (non-hydrogen) atoms. The van der Waals surface area contributed by atoms with E-state index in [0.717, 1.165) is 6.42 Å². The van der Waals surface area contributed by atoms with Gasteiger partial charge in [-0.3, -0.25) is 0 Å². The third kappa shape index (κ3) is 9.24. The predicted octanol–water partition coefficient (Wildman–Crippen LogP) is 2.84. The van der Waals surface area contributed by atoms with Crippen LogP contribution in [0.3, 0.4) is 0 Å². The molecule has 0 amide bonds. The van der Waals surface area contributed by atoms with Crippen LogP contribution in [0.4, 0.5) is 0 Å². The molecule has 0 spiro atoms. The molecule has 3 heteroatoms. The predicted molar refractivity (Wildman–Crippen MR) is 45.5 cm³/mol. The molecule has 0 bridgehead atoms. The number of rotatable bonds is 4. The van der Waals surface area contributed by atoms with Crippen LogP contribution in [0.2, 0.25) is 3.98 Å². The maximum atomic E-state index is 5.79. The fraction of sp³-hybridized carbons (Fsp3) is 0.667. The number of alkyl halides is 2. The summed E-state index contributed by atoms with van der Waals surface area (Å²) in [7, 11) is 0. The first kappa shape index (κ1) is 10.2. The number of hydrogen-bond acceptors (Lipinski definition) is 0. The van der Waals surface area contributed by atoms with Crippen molar-refractivity contribution in [2.75, 3.05) is 0 Å². The van der Waals surface area contributed by atoms with E-state index in [4.69, 9.17) is 23.2 Å². The van der Waals surface area contributed by atoms with Crippen molar-refractivity contribution in [3.63, 3.8) is 0 Å². The molecule has 0 N–H and O–H groups in total. The molecule has 0 nitrogen and oxygen atoms in total. The van der Waals surface area contributed by atoms with Crippen LogP contribution in [-0.2, 0) is 0 Å². The Labute approximate surface area is 78.8 Å². The molecule has 2 radical (unpaired) electrons. The van der Waals surface area contributed by atoms with Crippen molar-refractivity contribution in [1.82, 2.24) is 0 Å². The minimum atomic E-state index is -0.757. The number of halogens is 2. The van der Waals surface area contributed by atoms with E-state index in [2.05, 4.69) is 6.58 Å². The summed E-state index contributed by atoms with van der Waals surface area (Å²) in [6.07, 6.45) is 3.00. The summed E-state index contributed by atoms with van der Waals surface area (Å²) < 4.78 is 0.857. The molecule has 0 aromatic carbocycles. The van der Waals surface area contributed by atoms with Crippen molar-refractivity contribution >= 4 is 47.4 Å². The molecule has 0 unspecified atom stereocenters. The first-order valence-corrected chi connectivity index (χ1v) is 8.25. The molecular weight excluding hydrogens is 350 g/mol. The fourth-order valence-electron chi connectivity index (χ4n) is 0.394. The van der Waals surface area contributed by atoms with Crippen LogP contribution in [0.25, 0.3) is 0 Å². The van der Waals surface area contributed by atoms with Gasteiger partial charge >= 0.3 is 79.3 Å². The molecule has 0 aliphatic heterocycles. The molecule has 52 valence electrons. The van der Waals surface area contributed by atoms with E-state index in [1.807, 2.05) is 13.0 Å². The summed E-state index contributed by atoms with van der Waals surface area (Å²) in [6.45, 7) is 5.52. The first-order chi connectivity index (χ1) is 4.06. The van der Waals surface area contributed by atoms with Gasteiger partial charge in [-0.25, -0.2) is 0 Å². The monoisotopic (exact) mass is 360 g/mol. The Balaban J connectivity index is 3.17. The van der Waals surface area contributed by atoms with Crippen LogP contribution >= 0.6 is 23.2 Å². The standard InChI is InChI=1S/C4H7.C2H3Cl2.Pb/c1-3-4-2;1-2(3)4;/h3H,1-2,4H2;1H3;. The third-order valence-corrected chi connectivity index (χ3v) is 7.64. The van der Waals surface area contributed by atoms with Gasteiger partial charge in [0, 0.05) is 0 Å². The Morgan fingerprint density at radius 1 is 1.67 bits per heavy atom. The summed E-state index contributed by atoms with van der Waals surface area (Å²) in [6, 6.07) is 0. The summed E-state index contributed by atoms with van der Waals surface area (Å²) in [5.41, 5.74) is 0. The van der Waals surface area contributed by atoms with Crippen molar-refractivity contribution in [2.45, 2.75) is 19.2 Å². The van der Waals surface area contributed by atoms with Gasteiger partial charge in [0.2, 0.25) is 0 Å². The molecule has 0 atom stereocenters. The van der Waals surface area contributed by atoms with Gasteiger partial charge in [0.25, 0.3) is 0 Å². The van der Waals surface area contributed by atoms with E-state index in [-0.39, 0.29) is 1.89 Å². The SMILES string of the molecule is C=CC[CH2][Pb][C](C)(Cl)Cl. The zero-order valence-corrected chi connectivity index (χ0v) is 10.9. The molecule has 0 saturated carbocycles.